The normalized spacial score (nSPS) is 10.9. The third-order valence-corrected chi connectivity index (χ3v) is 5.57. The maximum Gasteiger partial charge on any atom is 0.260 e. The second-order valence-electron chi connectivity index (χ2n) is 6.58. The number of hydrogen-bond donors (Lipinski definition) is 1. The van der Waals surface area contributed by atoms with E-state index in [4.69, 9.17) is 10.2 Å². The Bertz CT molecular complexity index is 1120. The molecule has 6 heteroatoms. The number of aromatic nitrogens is 2. The van der Waals surface area contributed by atoms with Crippen LogP contribution in [0.4, 0.5) is 0 Å². The summed E-state index contributed by atoms with van der Waals surface area (Å²) < 4.78 is 5.86. The highest BCUT2D eigenvalue weighted by atomic mass is 32.1. The first kappa shape index (κ1) is 18.1. The van der Waals surface area contributed by atoms with Gasteiger partial charge in [0.2, 0.25) is 0 Å². The van der Waals surface area contributed by atoms with Gasteiger partial charge in [0.15, 0.2) is 16.7 Å². The van der Waals surface area contributed by atoms with E-state index in [1.54, 1.807) is 13.1 Å². The minimum atomic E-state index is -0.476. The van der Waals surface area contributed by atoms with Crippen molar-refractivity contribution in [3.05, 3.63) is 93.9 Å². The fourth-order valence-electron chi connectivity index (χ4n) is 3.08. The number of hydrogen-bond acceptors (Lipinski definition) is 5. The smallest absolute Gasteiger partial charge is 0.260 e. The zero-order chi connectivity index (χ0) is 19.5. The molecule has 5 nitrogen and oxygen atoms in total. The zero-order valence-electron chi connectivity index (χ0n) is 15.4. The van der Waals surface area contributed by atoms with Crippen LogP contribution in [0, 0.1) is 6.92 Å². The predicted molar refractivity (Wildman–Crippen MR) is 109 cm³/mol. The van der Waals surface area contributed by atoms with E-state index in [1.807, 2.05) is 6.07 Å². The molecule has 0 atom stereocenters. The van der Waals surface area contributed by atoms with Crippen LogP contribution in [-0.2, 0) is 12.8 Å². The highest BCUT2D eigenvalue weighted by Gasteiger charge is 2.16. The van der Waals surface area contributed by atoms with Gasteiger partial charge in [-0.05, 0) is 30.0 Å². The van der Waals surface area contributed by atoms with Gasteiger partial charge in [-0.3, -0.25) is 4.79 Å². The molecule has 0 bridgehead atoms. The monoisotopic (exact) mass is 389 g/mol. The maximum atomic E-state index is 11.4. The topological polar surface area (TPSA) is 82.0 Å². The van der Waals surface area contributed by atoms with E-state index in [0.29, 0.717) is 33.7 Å². The molecule has 2 aromatic carbocycles. The molecule has 0 saturated heterocycles. The van der Waals surface area contributed by atoms with Gasteiger partial charge in [-0.25, -0.2) is 9.97 Å². The molecule has 0 aliphatic rings. The van der Waals surface area contributed by atoms with Gasteiger partial charge in [-0.1, -0.05) is 54.6 Å². The van der Waals surface area contributed by atoms with Crippen LogP contribution in [-0.4, -0.2) is 15.9 Å². The number of benzene rings is 2. The van der Waals surface area contributed by atoms with E-state index in [2.05, 4.69) is 58.5 Å². The fourth-order valence-corrected chi connectivity index (χ4v) is 3.94. The number of oxazole rings is 1. The third-order valence-electron chi connectivity index (χ3n) is 4.38. The van der Waals surface area contributed by atoms with Gasteiger partial charge in [-0.2, -0.15) is 0 Å². The van der Waals surface area contributed by atoms with Crippen LogP contribution in [0.25, 0.3) is 10.8 Å². The Hall–Kier alpha value is -3.25. The third kappa shape index (κ3) is 4.02. The van der Waals surface area contributed by atoms with Gasteiger partial charge >= 0.3 is 0 Å². The first-order chi connectivity index (χ1) is 13.6. The van der Waals surface area contributed by atoms with Gasteiger partial charge in [0, 0.05) is 6.42 Å². The Morgan fingerprint density at radius 2 is 1.75 bits per heavy atom. The van der Waals surface area contributed by atoms with Crippen molar-refractivity contribution in [2.45, 2.75) is 19.8 Å². The molecule has 28 heavy (non-hydrogen) atoms. The van der Waals surface area contributed by atoms with E-state index < -0.39 is 5.91 Å². The molecule has 140 valence electrons. The van der Waals surface area contributed by atoms with Crippen LogP contribution < -0.4 is 5.73 Å². The molecule has 0 radical (unpaired) electrons. The summed E-state index contributed by atoms with van der Waals surface area (Å²) in [7, 11) is 0. The molecule has 1 amide bonds. The SMILES string of the molecule is Cc1nc(-c2cnc(Cc3cccc(Cc4ccccc4)c3)o2)sc1C(N)=O. The van der Waals surface area contributed by atoms with E-state index in [9.17, 15) is 4.79 Å². The Labute approximate surface area is 166 Å². The molecule has 2 aromatic heterocycles. The molecule has 2 heterocycles. The summed E-state index contributed by atoms with van der Waals surface area (Å²) in [5.41, 5.74) is 9.64. The molecule has 0 fully saturated rings. The fraction of sp³-hybridized carbons (Fsp3) is 0.136. The first-order valence-corrected chi connectivity index (χ1v) is 9.74. The molecule has 4 rings (SSSR count). The van der Waals surface area contributed by atoms with Crippen LogP contribution in [0.15, 0.2) is 65.2 Å². The second-order valence-corrected chi connectivity index (χ2v) is 7.57. The van der Waals surface area contributed by atoms with Crippen LogP contribution in [0.2, 0.25) is 0 Å². The lowest BCUT2D eigenvalue weighted by molar-refractivity contribution is 0.100. The largest absolute Gasteiger partial charge is 0.438 e. The van der Waals surface area contributed by atoms with Crippen LogP contribution in [0.5, 0.6) is 0 Å². The van der Waals surface area contributed by atoms with Crippen molar-refractivity contribution in [3.63, 3.8) is 0 Å². The minimum absolute atomic E-state index is 0.446. The lowest BCUT2D eigenvalue weighted by atomic mass is 10.0. The van der Waals surface area contributed by atoms with Crippen LogP contribution in [0.1, 0.15) is 37.9 Å². The number of carbonyl (C=O) groups excluding carboxylic acids is 1. The Morgan fingerprint density at radius 1 is 1.04 bits per heavy atom. The standard InChI is InChI=1S/C22H19N3O2S/c1-14-20(21(23)26)28-22(25-14)18-13-24-19(27-18)12-17-9-5-8-16(11-17)10-15-6-3-2-4-7-15/h2-9,11,13H,10,12H2,1H3,(H2,23,26). The average Bonchev–Trinajstić information content (AvgIpc) is 3.29. The highest BCUT2D eigenvalue weighted by molar-refractivity contribution is 7.17. The number of amides is 1. The van der Waals surface area contributed by atoms with E-state index in [-0.39, 0.29) is 0 Å². The van der Waals surface area contributed by atoms with E-state index >= 15 is 0 Å². The molecule has 2 N–H and O–H groups in total. The van der Waals surface area contributed by atoms with Crippen molar-refractivity contribution < 1.29 is 9.21 Å². The molecule has 0 aliphatic carbocycles. The molecular weight excluding hydrogens is 370 g/mol. The van der Waals surface area contributed by atoms with Crippen molar-refractivity contribution in [3.8, 4) is 10.8 Å². The van der Waals surface area contributed by atoms with Crippen molar-refractivity contribution in [1.82, 2.24) is 9.97 Å². The van der Waals surface area contributed by atoms with Crippen molar-refractivity contribution in [2.24, 2.45) is 5.73 Å². The number of nitrogens with two attached hydrogens (primary N) is 1. The average molecular weight is 389 g/mol. The lowest BCUT2D eigenvalue weighted by Gasteiger charge is -2.04. The number of primary amides is 1. The minimum Gasteiger partial charge on any atom is -0.438 e. The Balaban J connectivity index is 1.50. The second kappa shape index (κ2) is 7.78. The number of carbonyl (C=O) groups is 1. The molecular formula is C22H19N3O2S. The summed E-state index contributed by atoms with van der Waals surface area (Å²) in [6.45, 7) is 1.76. The first-order valence-electron chi connectivity index (χ1n) is 8.92. The zero-order valence-corrected chi connectivity index (χ0v) is 16.2. The van der Waals surface area contributed by atoms with Gasteiger partial charge in [0.1, 0.15) is 4.88 Å². The summed E-state index contributed by atoms with van der Waals surface area (Å²) in [6, 6.07) is 18.8. The quantitative estimate of drug-likeness (QED) is 0.530. The predicted octanol–water partition coefficient (Wildman–Crippen LogP) is 4.39. The van der Waals surface area contributed by atoms with E-state index in [1.165, 1.54) is 22.5 Å². The van der Waals surface area contributed by atoms with Crippen molar-refractivity contribution in [2.75, 3.05) is 0 Å². The molecule has 0 unspecified atom stereocenters. The molecule has 0 saturated carbocycles. The van der Waals surface area contributed by atoms with Gasteiger partial charge < -0.3 is 10.2 Å². The number of aryl methyl sites for hydroxylation is 1. The number of nitrogens with zero attached hydrogens (tertiary/aromatic N) is 2. The van der Waals surface area contributed by atoms with Gasteiger partial charge in [-0.15, -0.1) is 11.3 Å². The summed E-state index contributed by atoms with van der Waals surface area (Å²) in [4.78, 5) is 20.6. The number of rotatable bonds is 6. The van der Waals surface area contributed by atoms with Gasteiger partial charge in [0.25, 0.3) is 5.91 Å². The van der Waals surface area contributed by atoms with E-state index in [0.717, 1.165) is 12.0 Å². The molecule has 0 aliphatic heterocycles. The summed E-state index contributed by atoms with van der Waals surface area (Å²) in [5, 5.41) is 0.614. The summed E-state index contributed by atoms with van der Waals surface area (Å²) >= 11 is 1.22. The highest BCUT2D eigenvalue weighted by Crippen LogP contribution is 2.28. The molecule has 0 spiro atoms. The van der Waals surface area contributed by atoms with Gasteiger partial charge in [0.05, 0.1) is 11.9 Å². The van der Waals surface area contributed by atoms with Crippen molar-refractivity contribution in [1.29, 1.82) is 0 Å². The maximum absolute atomic E-state index is 11.4. The lowest BCUT2D eigenvalue weighted by Crippen LogP contribution is -2.09. The van der Waals surface area contributed by atoms with Crippen molar-refractivity contribution >= 4 is 17.2 Å². The Morgan fingerprint density at radius 3 is 2.46 bits per heavy atom. The summed E-state index contributed by atoms with van der Waals surface area (Å²) in [6.07, 6.45) is 3.13. The molecule has 4 aromatic rings. The summed E-state index contributed by atoms with van der Waals surface area (Å²) in [5.74, 6) is 0.688. The Kier molecular flexibility index (Phi) is 5.04. The van der Waals surface area contributed by atoms with Crippen LogP contribution in [0.3, 0.4) is 0 Å². The number of thiazole rings is 1. The van der Waals surface area contributed by atoms with Crippen LogP contribution >= 0.6 is 11.3 Å².